The van der Waals surface area contributed by atoms with Crippen LogP contribution in [0.5, 0.6) is 5.75 Å². The molecule has 0 bridgehead atoms. The maximum Gasteiger partial charge on any atom is 2.00 e. The Morgan fingerprint density at radius 1 is 0.623 bits per heavy atom. The number of pyridine rings is 4. The molecule has 0 amide bonds. The molecule has 19 heteroatoms. The van der Waals surface area contributed by atoms with Gasteiger partial charge in [0.2, 0.25) is 0 Å². The van der Waals surface area contributed by atoms with E-state index in [-0.39, 0.29) is 54.7 Å². The van der Waals surface area contributed by atoms with Gasteiger partial charge in [0, 0.05) is 64.6 Å². The number of aromatic nitrogens is 4. The predicted molar refractivity (Wildman–Crippen MR) is 289 cm³/mol. The summed E-state index contributed by atoms with van der Waals surface area (Å²) in [6.45, 7) is 13.9. The van der Waals surface area contributed by atoms with Crippen LogP contribution < -0.4 is 9.64 Å². The minimum Gasteiger partial charge on any atom is -0.753 e. The number of nitrogens with zero attached hydrogens (tertiary/aromatic N) is 6. The van der Waals surface area contributed by atoms with Crippen molar-refractivity contribution in [1.82, 2.24) is 19.9 Å². The van der Waals surface area contributed by atoms with Crippen LogP contribution in [-0.2, 0) is 54.2 Å². The summed E-state index contributed by atoms with van der Waals surface area (Å²) in [6.07, 6.45) is 4.61. The van der Waals surface area contributed by atoms with Crippen LogP contribution in [0.1, 0.15) is 69.5 Å². The Bertz CT molecular complexity index is 3240. The third kappa shape index (κ3) is 17.8. The van der Waals surface area contributed by atoms with E-state index in [1.54, 1.807) is 36.4 Å². The van der Waals surface area contributed by atoms with E-state index in [1.165, 1.54) is 47.0 Å². The number of carbonyl (C=O) groups excluding carboxylic acids is 3. The van der Waals surface area contributed by atoms with Crippen molar-refractivity contribution in [1.29, 1.82) is 5.41 Å². The van der Waals surface area contributed by atoms with Gasteiger partial charge in [0.05, 0.1) is 22.8 Å². The molecule has 4 aromatic heterocycles. The van der Waals surface area contributed by atoms with E-state index in [4.69, 9.17) is 21.3 Å². The van der Waals surface area contributed by atoms with Gasteiger partial charge in [-0.3, -0.25) is 34.7 Å². The number of rotatable bonds is 12. The number of benzene rings is 3. The Morgan fingerprint density at radius 2 is 1.05 bits per heavy atom. The molecule has 0 saturated carbocycles. The first kappa shape index (κ1) is 60.6. The van der Waals surface area contributed by atoms with E-state index in [2.05, 4.69) is 161 Å². The van der Waals surface area contributed by atoms with Crippen LogP contribution in [0, 0.1) is 29.5 Å². The minimum atomic E-state index is -4.81. The summed E-state index contributed by atoms with van der Waals surface area (Å²) in [5.41, 5.74) is 15.8. The van der Waals surface area contributed by atoms with Crippen LogP contribution in [0.2, 0.25) is 0 Å². The van der Waals surface area contributed by atoms with Crippen molar-refractivity contribution in [2.75, 3.05) is 4.90 Å². The molecule has 0 aliphatic carbocycles. The molecule has 0 aliphatic rings. The molecule has 0 atom stereocenters. The summed E-state index contributed by atoms with van der Waals surface area (Å²) < 4.78 is 52.1. The molecule has 14 nitrogen and oxygen atoms in total. The maximum absolute atomic E-state index is 12.8. The van der Waals surface area contributed by atoms with Gasteiger partial charge in [0.15, 0.2) is 0 Å². The molecule has 390 valence electrons. The third-order valence-corrected chi connectivity index (χ3v) is 10.7. The first-order valence-electron chi connectivity index (χ1n) is 22.6. The number of thiocarbonyl (C=S) groups is 1. The fourth-order valence-corrected chi connectivity index (χ4v) is 6.94. The van der Waals surface area contributed by atoms with Crippen molar-refractivity contribution in [3.63, 3.8) is 0 Å². The van der Waals surface area contributed by atoms with E-state index < -0.39 is 17.6 Å². The molecule has 0 spiro atoms. The number of hydrogen-bond acceptors (Lipinski definition) is 13. The normalized spacial score (nSPS) is 10.7. The van der Waals surface area contributed by atoms with Crippen LogP contribution in [0.25, 0.3) is 50.7 Å². The number of nitrogens with one attached hydrogen (secondary N) is 2. The van der Waals surface area contributed by atoms with Crippen molar-refractivity contribution in [3.8, 4) is 63.7 Å². The van der Waals surface area contributed by atoms with E-state index in [0.717, 1.165) is 22.6 Å². The van der Waals surface area contributed by atoms with Crippen molar-refractivity contribution >= 4 is 65.3 Å². The molecular weight excluding hydrogens is 1090 g/mol. The summed E-state index contributed by atoms with van der Waals surface area (Å²) >= 11 is 3.70. The molecular formula is C58H47F3N8O6RuS. The number of isothiocyanates is 1. The zero-order valence-corrected chi connectivity index (χ0v) is 44.7. The van der Waals surface area contributed by atoms with E-state index in [1.807, 2.05) is 24.3 Å². The van der Waals surface area contributed by atoms with Crippen LogP contribution in [0.4, 0.5) is 30.2 Å². The molecule has 7 aromatic rings. The smallest absolute Gasteiger partial charge is 0.753 e. The summed E-state index contributed by atoms with van der Waals surface area (Å²) in [7, 11) is 0. The Balaban J connectivity index is 0.000000325. The Labute approximate surface area is 461 Å². The zero-order chi connectivity index (χ0) is 55.5. The Morgan fingerprint density at radius 3 is 1.45 bits per heavy atom. The number of ether oxygens (including phenoxy) is 3. The van der Waals surface area contributed by atoms with Gasteiger partial charge in [0.25, 0.3) is 6.47 Å². The van der Waals surface area contributed by atoms with Crippen LogP contribution >= 0.6 is 12.2 Å². The third-order valence-electron chi connectivity index (χ3n) is 10.7. The number of halogens is 3. The van der Waals surface area contributed by atoms with E-state index in [0.29, 0.717) is 52.0 Å². The van der Waals surface area contributed by atoms with Crippen LogP contribution in [0.3, 0.4) is 0 Å². The average Bonchev–Trinajstić information content (AvgIpc) is 3.40. The van der Waals surface area contributed by atoms with Crippen molar-refractivity contribution in [2.24, 2.45) is 0 Å². The van der Waals surface area contributed by atoms with Gasteiger partial charge in [-0.1, -0.05) is 90.2 Å². The van der Waals surface area contributed by atoms with Crippen LogP contribution in [-0.4, -0.2) is 56.4 Å². The quantitative estimate of drug-likeness (QED) is 0.0399. The average molecular weight is 1140 g/mol. The zero-order valence-electron chi connectivity index (χ0n) is 42.1. The SMILES string of the molecule is CC(C)(C)c1ccc(N(c2ccc(-c3ccnc(/C([NH-])=C/C(=N)C(F)(F)F)c3)cc2)c2ccc(C(C)(C)C)cc2)cc1.O=COC#Cc1ccnc(-c2cc(OC=O)cc(-c3cc(C#COC=O)ccn3)n2)c1.[N-]=C=S.[Ru+2]. The second-order valence-corrected chi connectivity index (χ2v) is 18.2. The van der Waals surface area contributed by atoms with Crippen LogP contribution in [0.15, 0.2) is 146 Å². The summed E-state index contributed by atoms with van der Waals surface area (Å²) in [4.78, 5) is 50.6. The Hall–Kier alpha value is -8.99. The molecule has 0 radical (unpaired) electrons. The first-order valence-corrected chi connectivity index (χ1v) is 23.0. The van der Waals surface area contributed by atoms with Crippen molar-refractivity contribution < 1.29 is 61.2 Å². The van der Waals surface area contributed by atoms with Crippen molar-refractivity contribution in [2.45, 2.75) is 58.5 Å². The van der Waals surface area contributed by atoms with Gasteiger partial charge in [-0.2, -0.15) is 18.3 Å². The fraction of sp³-hybridized carbons (Fsp3) is 0.155. The predicted octanol–water partition coefficient (Wildman–Crippen LogP) is 13.1. The fourth-order valence-electron chi connectivity index (χ4n) is 6.94. The first-order chi connectivity index (χ1) is 36.2. The number of carbonyl (C=O) groups is 3. The molecule has 0 aliphatic heterocycles. The van der Waals surface area contributed by atoms with Gasteiger partial charge in [-0.15, -0.1) is 5.70 Å². The molecule has 0 unspecified atom stereocenters. The standard InChI is InChI=1S/C35H36F3N4.C22H11N3O6.CNS.Ru/c1-33(2,3)25-9-15-28(16-10-25)42(29-17-11-26(12-18-29)34(4,5)6)27-13-7-23(8-14-27)24-19-20-41-31(21-24)30(39)22-32(40)35(36,37)38;26-13-29-7-3-16-1-5-23-19(9-16)21-11-18(31-15-28)12-22(25-21)20-10-17(2-6-24-20)4-8-30-14-27;2-1-3;/h7-22,39-40H,1-6H3;1-2,5-6,9-15H;;/q-1;;-1;+2/b30-22-,40-32?;;;. The van der Waals surface area contributed by atoms with Gasteiger partial charge >= 0.3 is 38.6 Å². The Kier molecular flexibility index (Phi) is 22.1. The van der Waals surface area contributed by atoms with Crippen molar-refractivity contribution in [3.05, 3.63) is 185 Å². The molecule has 7 rings (SSSR count). The number of alkyl halides is 3. The number of allylic oxidation sites excluding steroid dienone is 1. The molecule has 0 fully saturated rings. The number of anilines is 3. The number of hydrogen-bond donors (Lipinski definition) is 1. The minimum absolute atomic E-state index is 0. The molecule has 77 heavy (non-hydrogen) atoms. The largest absolute Gasteiger partial charge is 2.00 e. The second kappa shape index (κ2) is 28.1. The maximum atomic E-state index is 12.8. The molecule has 2 N–H and O–H groups in total. The van der Waals surface area contributed by atoms with E-state index in [9.17, 15) is 27.6 Å². The van der Waals surface area contributed by atoms with Gasteiger partial charge < -0.3 is 30.3 Å². The molecule has 4 heterocycles. The van der Waals surface area contributed by atoms with Gasteiger partial charge in [0.1, 0.15) is 23.7 Å². The summed E-state index contributed by atoms with van der Waals surface area (Å²) in [5, 5.41) is 15.6. The second-order valence-electron chi connectivity index (χ2n) is 18.0. The summed E-state index contributed by atoms with van der Waals surface area (Å²) in [5.74, 6) is 5.52. The van der Waals surface area contributed by atoms with Gasteiger partial charge in [-0.25, -0.2) is 4.98 Å². The molecule has 3 aromatic carbocycles. The van der Waals surface area contributed by atoms with Gasteiger partial charge in [-0.05, 0) is 124 Å². The molecule has 0 saturated heterocycles. The summed E-state index contributed by atoms with van der Waals surface area (Å²) in [6, 6.07) is 37.9. The monoisotopic (exact) mass is 1140 g/mol. The topological polar surface area (TPSA) is 204 Å². The van der Waals surface area contributed by atoms with E-state index >= 15 is 0 Å².